The van der Waals surface area contributed by atoms with E-state index in [0.29, 0.717) is 6.42 Å². The highest BCUT2D eigenvalue weighted by molar-refractivity contribution is 9.10. The highest BCUT2D eigenvalue weighted by Crippen LogP contribution is 2.34. The number of nitrogens with one attached hydrogen (secondary N) is 2. The van der Waals surface area contributed by atoms with Gasteiger partial charge in [-0.2, -0.15) is 0 Å². The molecule has 0 spiro atoms. The molecule has 0 unspecified atom stereocenters. The molecule has 1 aromatic carbocycles. The molecule has 136 valence electrons. The van der Waals surface area contributed by atoms with Gasteiger partial charge in [-0.15, -0.1) is 23.1 Å². The molecule has 0 saturated carbocycles. The fourth-order valence-corrected chi connectivity index (χ4v) is 5.77. The summed E-state index contributed by atoms with van der Waals surface area (Å²) in [6, 6.07) is 6.30. The molecular formula is C14H13BrCl2N2O3S3. The molecule has 0 aliphatic rings. The van der Waals surface area contributed by atoms with Crippen molar-refractivity contribution in [2.45, 2.75) is 15.5 Å². The quantitative estimate of drug-likeness (QED) is 0.556. The highest BCUT2D eigenvalue weighted by Gasteiger charge is 2.21. The number of carbonyl (C=O) groups is 1. The molecule has 2 amide bonds. The van der Waals surface area contributed by atoms with Gasteiger partial charge in [-0.1, -0.05) is 39.1 Å². The smallest absolute Gasteiger partial charge is 0.328 e. The van der Waals surface area contributed by atoms with Gasteiger partial charge in [0.25, 0.3) is 10.0 Å². The Morgan fingerprint density at radius 3 is 2.64 bits per heavy atom. The molecule has 2 rings (SSSR count). The van der Waals surface area contributed by atoms with Crippen molar-refractivity contribution in [1.29, 1.82) is 0 Å². The molecule has 2 N–H and O–H groups in total. The SMILES string of the molecule is CSc1ccc(Br)cc1CCNC(=O)NS(=O)(=O)c1cc(Cl)c(Cl)s1. The monoisotopic (exact) mass is 502 g/mol. The van der Waals surface area contributed by atoms with E-state index in [0.717, 1.165) is 26.3 Å². The van der Waals surface area contributed by atoms with Crippen molar-refractivity contribution in [3.05, 3.63) is 43.7 Å². The summed E-state index contributed by atoms with van der Waals surface area (Å²) in [7, 11) is -4.00. The summed E-state index contributed by atoms with van der Waals surface area (Å²) in [6.45, 7) is 0.289. The number of amides is 2. The van der Waals surface area contributed by atoms with Gasteiger partial charge in [-0.3, -0.25) is 0 Å². The second kappa shape index (κ2) is 8.96. The minimum Gasteiger partial charge on any atom is -0.337 e. The number of carbonyl (C=O) groups excluding carboxylic acids is 1. The third kappa shape index (κ3) is 5.77. The van der Waals surface area contributed by atoms with Gasteiger partial charge in [-0.05, 0) is 42.5 Å². The molecule has 25 heavy (non-hydrogen) atoms. The zero-order valence-electron chi connectivity index (χ0n) is 12.8. The molecule has 1 aromatic heterocycles. The fourth-order valence-electron chi connectivity index (χ4n) is 1.92. The zero-order valence-corrected chi connectivity index (χ0v) is 18.4. The van der Waals surface area contributed by atoms with Gasteiger partial charge in [-0.25, -0.2) is 17.9 Å². The zero-order chi connectivity index (χ0) is 18.6. The predicted molar refractivity (Wildman–Crippen MR) is 108 cm³/mol. The van der Waals surface area contributed by atoms with Gasteiger partial charge in [0, 0.05) is 15.9 Å². The predicted octanol–water partition coefficient (Wildman–Crippen LogP) is 4.77. The Hall–Kier alpha value is -0.450. The Labute approximate surface area is 172 Å². The van der Waals surface area contributed by atoms with E-state index in [9.17, 15) is 13.2 Å². The second-order valence-electron chi connectivity index (χ2n) is 4.75. The number of thiophene rings is 1. The van der Waals surface area contributed by atoms with Crippen molar-refractivity contribution in [2.75, 3.05) is 12.8 Å². The summed E-state index contributed by atoms with van der Waals surface area (Å²) in [5.74, 6) is 0. The first-order chi connectivity index (χ1) is 11.7. The van der Waals surface area contributed by atoms with Gasteiger partial charge in [0.15, 0.2) is 0 Å². The molecule has 0 radical (unpaired) electrons. The van der Waals surface area contributed by atoms with Crippen LogP contribution in [0.15, 0.2) is 37.8 Å². The average Bonchev–Trinajstić information content (AvgIpc) is 2.87. The summed E-state index contributed by atoms with van der Waals surface area (Å²) in [5, 5.41) is 2.67. The Balaban J connectivity index is 1.94. The van der Waals surface area contributed by atoms with Gasteiger partial charge in [0.05, 0.1) is 5.02 Å². The van der Waals surface area contributed by atoms with Gasteiger partial charge in [0.2, 0.25) is 0 Å². The Morgan fingerprint density at radius 2 is 2.04 bits per heavy atom. The van der Waals surface area contributed by atoms with Crippen LogP contribution in [0.25, 0.3) is 0 Å². The van der Waals surface area contributed by atoms with Gasteiger partial charge in [0.1, 0.15) is 8.55 Å². The summed E-state index contributed by atoms with van der Waals surface area (Å²) >= 11 is 17.3. The van der Waals surface area contributed by atoms with E-state index in [2.05, 4.69) is 21.2 Å². The van der Waals surface area contributed by atoms with Crippen LogP contribution in [0.1, 0.15) is 5.56 Å². The van der Waals surface area contributed by atoms with Crippen LogP contribution in [-0.4, -0.2) is 27.2 Å². The number of rotatable bonds is 6. The van der Waals surface area contributed by atoms with Crippen molar-refractivity contribution in [3.63, 3.8) is 0 Å². The molecule has 1 heterocycles. The van der Waals surface area contributed by atoms with E-state index in [1.807, 2.05) is 29.2 Å². The molecule has 0 aliphatic carbocycles. The molecule has 0 bridgehead atoms. The van der Waals surface area contributed by atoms with Crippen molar-refractivity contribution in [3.8, 4) is 0 Å². The summed E-state index contributed by atoms with van der Waals surface area (Å²) in [4.78, 5) is 13.0. The van der Waals surface area contributed by atoms with Crippen LogP contribution < -0.4 is 10.0 Å². The average molecular weight is 504 g/mol. The Kier molecular flexibility index (Phi) is 7.48. The van der Waals surface area contributed by atoms with Crippen LogP contribution >= 0.6 is 62.2 Å². The normalized spacial score (nSPS) is 11.4. The number of hydrogen-bond donors (Lipinski definition) is 2. The maximum Gasteiger partial charge on any atom is 0.328 e. The van der Waals surface area contributed by atoms with Crippen molar-refractivity contribution in [1.82, 2.24) is 10.0 Å². The Bertz CT molecular complexity index is 868. The minimum atomic E-state index is -4.00. The molecule has 0 atom stereocenters. The molecule has 0 saturated heterocycles. The van der Waals surface area contributed by atoms with Gasteiger partial charge >= 0.3 is 6.03 Å². The number of sulfonamides is 1. The number of urea groups is 1. The lowest BCUT2D eigenvalue weighted by molar-refractivity contribution is 0.246. The van der Waals surface area contributed by atoms with Crippen LogP contribution in [0.5, 0.6) is 0 Å². The summed E-state index contributed by atoms with van der Waals surface area (Å²) in [6.07, 6.45) is 2.54. The van der Waals surface area contributed by atoms with E-state index >= 15 is 0 Å². The number of benzene rings is 1. The lowest BCUT2D eigenvalue weighted by Crippen LogP contribution is -2.39. The molecule has 0 aliphatic heterocycles. The molecular weight excluding hydrogens is 491 g/mol. The number of hydrogen-bond acceptors (Lipinski definition) is 5. The summed E-state index contributed by atoms with van der Waals surface area (Å²) in [5.41, 5.74) is 1.06. The first-order valence-corrected chi connectivity index (χ1v) is 11.9. The van der Waals surface area contributed by atoms with Crippen molar-refractivity contribution < 1.29 is 13.2 Å². The van der Waals surface area contributed by atoms with Gasteiger partial charge < -0.3 is 5.32 Å². The highest BCUT2D eigenvalue weighted by atomic mass is 79.9. The fraction of sp³-hybridized carbons (Fsp3) is 0.214. The van der Waals surface area contributed by atoms with Crippen LogP contribution in [0.4, 0.5) is 4.79 Å². The number of thioether (sulfide) groups is 1. The van der Waals surface area contributed by atoms with Crippen molar-refractivity contribution in [2.24, 2.45) is 0 Å². The van der Waals surface area contributed by atoms with E-state index < -0.39 is 16.1 Å². The van der Waals surface area contributed by atoms with Crippen LogP contribution in [0.3, 0.4) is 0 Å². The van der Waals surface area contributed by atoms with Crippen LogP contribution in [-0.2, 0) is 16.4 Å². The third-order valence-corrected chi connectivity index (χ3v) is 8.04. The lowest BCUT2D eigenvalue weighted by Gasteiger charge is -2.10. The maximum atomic E-state index is 12.1. The maximum absolute atomic E-state index is 12.1. The first-order valence-electron chi connectivity index (χ1n) is 6.81. The third-order valence-electron chi connectivity index (χ3n) is 3.04. The standard InChI is InChI=1S/C14H13BrCl2N2O3S3/c1-23-11-3-2-9(15)6-8(11)4-5-18-14(20)19-25(21,22)12-7-10(16)13(17)24-12/h2-3,6-7H,4-5H2,1H3,(H2,18,19,20). The summed E-state index contributed by atoms with van der Waals surface area (Å²) < 4.78 is 27.1. The molecule has 5 nitrogen and oxygen atoms in total. The van der Waals surface area contributed by atoms with E-state index in [1.165, 1.54) is 6.07 Å². The van der Waals surface area contributed by atoms with E-state index in [1.54, 1.807) is 11.8 Å². The first kappa shape index (κ1) is 20.9. The topological polar surface area (TPSA) is 75.3 Å². The minimum absolute atomic E-state index is 0.116. The largest absolute Gasteiger partial charge is 0.337 e. The molecule has 11 heteroatoms. The number of halogens is 3. The van der Waals surface area contributed by atoms with Crippen LogP contribution in [0, 0.1) is 0 Å². The Morgan fingerprint density at radius 1 is 1.32 bits per heavy atom. The van der Waals surface area contributed by atoms with Crippen molar-refractivity contribution >= 4 is 78.3 Å². The lowest BCUT2D eigenvalue weighted by atomic mass is 10.1. The second-order valence-corrected chi connectivity index (χ2v) is 10.5. The molecule has 2 aromatic rings. The van der Waals surface area contributed by atoms with Crippen LogP contribution in [0.2, 0.25) is 9.36 Å². The molecule has 0 fully saturated rings. The van der Waals surface area contributed by atoms with E-state index in [4.69, 9.17) is 23.2 Å². The van der Waals surface area contributed by atoms with E-state index in [-0.39, 0.29) is 20.1 Å².